The summed E-state index contributed by atoms with van der Waals surface area (Å²) in [5, 5.41) is 14.3. The molecule has 0 unspecified atom stereocenters. The highest BCUT2D eigenvalue weighted by Crippen LogP contribution is 2.37. The molecule has 0 saturated heterocycles. The molecule has 0 aliphatic heterocycles. The Balaban J connectivity index is 1.70. The molecule has 0 fully saturated rings. The largest absolute Gasteiger partial charge is 0.478 e. The molecule has 3 aromatic carbocycles. The first kappa shape index (κ1) is 17.9. The molecule has 0 saturated carbocycles. The van der Waals surface area contributed by atoms with Crippen LogP contribution < -0.4 is 5.32 Å². The third-order valence-electron chi connectivity index (χ3n) is 4.58. The van der Waals surface area contributed by atoms with Gasteiger partial charge < -0.3 is 10.4 Å². The van der Waals surface area contributed by atoms with Gasteiger partial charge in [-0.3, -0.25) is 4.79 Å². The predicted molar refractivity (Wildman–Crippen MR) is 113 cm³/mol. The van der Waals surface area contributed by atoms with Gasteiger partial charge in [0.2, 0.25) is 0 Å². The first-order valence-corrected chi connectivity index (χ1v) is 9.58. The number of fused-ring (bicyclic) bond motifs is 1. The summed E-state index contributed by atoms with van der Waals surface area (Å²) >= 11 is 1.41. The molecule has 1 amide bonds. The van der Waals surface area contributed by atoms with E-state index in [4.69, 9.17) is 0 Å². The van der Waals surface area contributed by atoms with Gasteiger partial charge in [-0.25, -0.2) is 4.79 Å². The van der Waals surface area contributed by atoms with E-state index in [1.165, 1.54) is 17.4 Å². The van der Waals surface area contributed by atoms with Gasteiger partial charge in [-0.1, -0.05) is 54.6 Å². The molecule has 0 aliphatic rings. The lowest BCUT2D eigenvalue weighted by Gasteiger charge is -2.07. The highest BCUT2D eigenvalue weighted by molar-refractivity contribution is 7.17. The highest BCUT2D eigenvalue weighted by Gasteiger charge is 2.17. The second kappa shape index (κ2) is 7.29. The number of nitrogens with one attached hydrogen (secondary N) is 1. The number of benzene rings is 3. The molecule has 1 aromatic heterocycles. The molecule has 2 N–H and O–H groups in total. The number of thiophene rings is 1. The van der Waals surface area contributed by atoms with Crippen molar-refractivity contribution >= 4 is 39.7 Å². The minimum absolute atomic E-state index is 0.0680. The van der Waals surface area contributed by atoms with Crippen molar-refractivity contribution < 1.29 is 14.7 Å². The summed E-state index contributed by atoms with van der Waals surface area (Å²) in [5.74, 6) is -1.39. The molecule has 0 radical (unpaired) electrons. The van der Waals surface area contributed by atoms with Crippen molar-refractivity contribution in [1.29, 1.82) is 0 Å². The topological polar surface area (TPSA) is 66.4 Å². The van der Waals surface area contributed by atoms with Crippen LogP contribution in [-0.2, 0) is 0 Å². The molecule has 4 rings (SSSR count). The molecule has 28 heavy (non-hydrogen) atoms. The number of hydrogen-bond acceptors (Lipinski definition) is 3. The maximum absolute atomic E-state index is 12.8. The predicted octanol–water partition coefficient (Wildman–Crippen LogP) is 5.83. The molecule has 1 heterocycles. The molecule has 0 atom stereocenters. The first-order valence-electron chi connectivity index (χ1n) is 8.77. The van der Waals surface area contributed by atoms with Gasteiger partial charge >= 0.3 is 5.97 Å². The minimum atomic E-state index is -1.07. The molecule has 4 aromatic rings. The van der Waals surface area contributed by atoms with Crippen molar-refractivity contribution in [3.05, 3.63) is 88.8 Å². The van der Waals surface area contributed by atoms with E-state index >= 15 is 0 Å². The number of amides is 1. The fourth-order valence-electron chi connectivity index (χ4n) is 3.25. The number of carbonyl (C=O) groups excluding carboxylic acids is 1. The third kappa shape index (κ3) is 3.28. The monoisotopic (exact) mass is 387 g/mol. The van der Waals surface area contributed by atoms with Crippen LogP contribution in [0.5, 0.6) is 0 Å². The summed E-state index contributed by atoms with van der Waals surface area (Å²) in [4.78, 5) is 25.7. The SMILES string of the molecule is Cc1cc(C(=O)Nc2ccccc2C(=O)O)sc1-c1cccc2ccccc12. The number of carboxylic acids is 1. The van der Waals surface area contributed by atoms with Gasteiger partial charge in [-0.15, -0.1) is 11.3 Å². The second-order valence-electron chi connectivity index (χ2n) is 6.45. The molecular weight excluding hydrogens is 370 g/mol. The maximum Gasteiger partial charge on any atom is 0.337 e. The van der Waals surface area contributed by atoms with Crippen LogP contribution in [0.2, 0.25) is 0 Å². The Hall–Kier alpha value is -3.44. The molecule has 5 heteroatoms. The van der Waals surface area contributed by atoms with Crippen molar-refractivity contribution in [2.45, 2.75) is 6.92 Å². The lowest BCUT2D eigenvalue weighted by molar-refractivity contribution is 0.0698. The fourth-order valence-corrected chi connectivity index (χ4v) is 4.35. The van der Waals surface area contributed by atoms with E-state index in [1.54, 1.807) is 18.2 Å². The van der Waals surface area contributed by atoms with E-state index < -0.39 is 5.97 Å². The quantitative estimate of drug-likeness (QED) is 0.463. The van der Waals surface area contributed by atoms with Crippen LogP contribution in [0.3, 0.4) is 0 Å². The first-order chi connectivity index (χ1) is 13.5. The maximum atomic E-state index is 12.8. The normalized spacial score (nSPS) is 10.8. The number of aromatic carboxylic acids is 1. The van der Waals surface area contributed by atoms with Gasteiger partial charge in [0.25, 0.3) is 5.91 Å². The Morgan fingerprint density at radius 3 is 2.46 bits per heavy atom. The van der Waals surface area contributed by atoms with Gasteiger partial charge in [0.15, 0.2) is 0 Å². The van der Waals surface area contributed by atoms with E-state index in [2.05, 4.69) is 29.6 Å². The average Bonchev–Trinajstić information content (AvgIpc) is 3.09. The van der Waals surface area contributed by atoms with Crippen LogP contribution in [0.4, 0.5) is 5.69 Å². The summed E-state index contributed by atoms with van der Waals surface area (Å²) in [5.41, 5.74) is 2.46. The zero-order chi connectivity index (χ0) is 19.7. The fraction of sp³-hybridized carbons (Fsp3) is 0.0435. The number of anilines is 1. The molecular formula is C23H17NO3S. The number of rotatable bonds is 4. The third-order valence-corrected chi connectivity index (χ3v) is 5.85. The number of para-hydroxylation sites is 1. The summed E-state index contributed by atoms with van der Waals surface area (Å²) in [6.45, 7) is 1.98. The van der Waals surface area contributed by atoms with Gasteiger partial charge in [0.05, 0.1) is 16.1 Å². The van der Waals surface area contributed by atoms with Gasteiger partial charge in [-0.05, 0) is 47.0 Å². The minimum Gasteiger partial charge on any atom is -0.478 e. The molecule has 4 nitrogen and oxygen atoms in total. The van der Waals surface area contributed by atoms with Crippen molar-refractivity contribution in [2.24, 2.45) is 0 Å². The standard InChI is InChI=1S/C23H17NO3S/c1-14-13-20(22(25)24-19-12-5-4-10-18(19)23(26)27)28-21(14)17-11-6-8-15-7-2-3-9-16(15)17/h2-13H,1H3,(H,24,25)(H,26,27). The number of hydrogen-bond donors (Lipinski definition) is 2. The van der Waals surface area contributed by atoms with Crippen LogP contribution in [-0.4, -0.2) is 17.0 Å². The summed E-state index contributed by atoms with van der Waals surface area (Å²) < 4.78 is 0. The zero-order valence-corrected chi connectivity index (χ0v) is 15.9. The van der Waals surface area contributed by atoms with E-state index in [1.807, 2.05) is 31.2 Å². The van der Waals surface area contributed by atoms with E-state index in [9.17, 15) is 14.7 Å². The summed E-state index contributed by atoms with van der Waals surface area (Å²) in [6, 6.07) is 22.5. The van der Waals surface area contributed by atoms with Crippen LogP contribution in [0.15, 0.2) is 72.8 Å². The lowest BCUT2D eigenvalue weighted by Crippen LogP contribution is -2.13. The lowest BCUT2D eigenvalue weighted by atomic mass is 10.0. The summed E-state index contributed by atoms with van der Waals surface area (Å²) in [6.07, 6.45) is 0. The van der Waals surface area contributed by atoms with Gasteiger partial charge in [0, 0.05) is 4.88 Å². The Kier molecular flexibility index (Phi) is 4.67. The van der Waals surface area contributed by atoms with E-state index in [-0.39, 0.29) is 17.2 Å². The Labute approximate surface area is 166 Å². The summed E-state index contributed by atoms with van der Waals surface area (Å²) in [7, 11) is 0. The van der Waals surface area contributed by atoms with Gasteiger partial charge in [0.1, 0.15) is 0 Å². The Bertz CT molecular complexity index is 1200. The average molecular weight is 387 g/mol. The zero-order valence-electron chi connectivity index (χ0n) is 15.1. The van der Waals surface area contributed by atoms with Crippen molar-refractivity contribution in [1.82, 2.24) is 0 Å². The van der Waals surface area contributed by atoms with Crippen molar-refractivity contribution in [3.63, 3.8) is 0 Å². The number of aryl methyl sites for hydroxylation is 1. The highest BCUT2D eigenvalue weighted by atomic mass is 32.1. The number of carboxylic acid groups (broad SMARTS) is 1. The van der Waals surface area contributed by atoms with Crippen LogP contribution >= 0.6 is 11.3 Å². The molecule has 0 bridgehead atoms. The van der Waals surface area contributed by atoms with Crippen LogP contribution in [0.25, 0.3) is 21.2 Å². The van der Waals surface area contributed by atoms with Crippen molar-refractivity contribution in [2.75, 3.05) is 5.32 Å². The van der Waals surface area contributed by atoms with Crippen LogP contribution in [0, 0.1) is 6.92 Å². The Morgan fingerprint density at radius 1 is 0.929 bits per heavy atom. The number of carbonyl (C=O) groups is 2. The van der Waals surface area contributed by atoms with Gasteiger partial charge in [-0.2, -0.15) is 0 Å². The van der Waals surface area contributed by atoms with Crippen molar-refractivity contribution in [3.8, 4) is 10.4 Å². The second-order valence-corrected chi connectivity index (χ2v) is 7.51. The molecule has 138 valence electrons. The smallest absolute Gasteiger partial charge is 0.337 e. The molecule has 0 aliphatic carbocycles. The van der Waals surface area contributed by atoms with Crippen LogP contribution in [0.1, 0.15) is 25.6 Å². The molecule has 0 spiro atoms. The van der Waals surface area contributed by atoms with E-state index in [0.29, 0.717) is 4.88 Å². The van der Waals surface area contributed by atoms with E-state index in [0.717, 1.165) is 26.8 Å². The Morgan fingerprint density at radius 2 is 1.64 bits per heavy atom.